The molecule has 1 aromatic heterocycles. The number of anilines is 1. The predicted molar refractivity (Wildman–Crippen MR) is 84.5 cm³/mol. The van der Waals surface area contributed by atoms with Gasteiger partial charge in [-0.1, -0.05) is 32.9 Å². The van der Waals surface area contributed by atoms with Gasteiger partial charge in [-0.3, -0.25) is 0 Å². The van der Waals surface area contributed by atoms with Crippen LogP contribution in [0.15, 0.2) is 35.1 Å². The van der Waals surface area contributed by atoms with Gasteiger partial charge in [0.15, 0.2) is 0 Å². The summed E-state index contributed by atoms with van der Waals surface area (Å²) in [5.41, 5.74) is 1.30. The Bertz CT molecular complexity index is 608. The van der Waals surface area contributed by atoms with Crippen molar-refractivity contribution in [2.75, 3.05) is 12.4 Å². The molecule has 0 atom stereocenters. The van der Waals surface area contributed by atoms with Gasteiger partial charge in [-0.05, 0) is 39.0 Å². The van der Waals surface area contributed by atoms with E-state index in [1.54, 1.807) is 7.05 Å². The molecular weight excluding hydrogens is 318 g/mol. The zero-order valence-corrected chi connectivity index (χ0v) is 13.7. The van der Waals surface area contributed by atoms with E-state index in [2.05, 4.69) is 58.1 Å². The lowest BCUT2D eigenvalue weighted by molar-refractivity contribution is 0.455. The second kappa shape index (κ2) is 5.79. The molecule has 2 aromatic rings. The van der Waals surface area contributed by atoms with E-state index in [0.29, 0.717) is 16.2 Å². The third kappa shape index (κ3) is 3.28. The Hall–Kier alpha value is -1.62. The highest BCUT2D eigenvalue weighted by molar-refractivity contribution is 9.10. The van der Waals surface area contributed by atoms with Crippen LogP contribution in [0.1, 0.15) is 26.3 Å². The number of benzene rings is 1. The Morgan fingerprint density at radius 1 is 1.20 bits per heavy atom. The summed E-state index contributed by atoms with van der Waals surface area (Å²) >= 11 is 3.44. The van der Waals surface area contributed by atoms with E-state index >= 15 is 0 Å². The lowest BCUT2D eigenvalue weighted by atomic mass is 9.87. The summed E-state index contributed by atoms with van der Waals surface area (Å²) in [6.07, 6.45) is 1.47. The largest absolute Gasteiger partial charge is 0.438 e. The fourth-order valence-electron chi connectivity index (χ4n) is 1.74. The molecular formula is C15H18BrN3O. The Morgan fingerprint density at radius 3 is 2.60 bits per heavy atom. The number of halogens is 1. The Kier molecular flexibility index (Phi) is 4.28. The smallest absolute Gasteiger partial charge is 0.238 e. The fourth-order valence-corrected chi connectivity index (χ4v) is 2.22. The standard InChI is InChI=1S/C15H18BrN3O/c1-15(2,3)10-6-5-7-11(8-10)20-14-12(16)13(17-4)18-9-19-14/h5-9H,1-4H3,(H,17,18,19). The molecule has 4 nitrogen and oxygen atoms in total. The van der Waals surface area contributed by atoms with Gasteiger partial charge < -0.3 is 10.1 Å². The molecule has 5 heteroatoms. The molecule has 0 saturated heterocycles. The van der Waals surface area contributed by atoms with E-state index < -0.39 is 0 Å². The number of ether oxygens (including phenoxy) is 1. The normalized spacial score (nSPS) is 11.2. The molecule has 0 aliphatic rings. The maximum atomic E-state index is 5.85. The molecule has 0 aliphatic carbocycles. The highest BCUT2D eigenvalue weighted by Crippen LogP contribution is 2.33. The van der Waals surface area contributed by atoms with E-state index in [1.807, 2.05) is 18.2 Å². The summed E-state index contributed by atoms with van der Waals surface area (Å²) in [6, 6.07) is 8.04. The minimum atomic E-state index is 0.0818. The summed E-state index contributed by atoms with van der Waals surface area (Å²) in [5.74, 6) is 1.95. The molecule has 0 saturated carbocycles. The molecule has 0 unspecified atom stereocenters. The maximum absolute atomic E-state index is 5.85. The molecule has 1 heterocycles. The van der Waals surface area contributed by atoms with Crippen LogP contribution in [-0.2, 0) is 5.41 Å². The average molecular weight is 336 g/mol. The zero-order valence-electron chi connectivity index (χ0n) is 12.1. The third-order valence-electron chi connectivity index (χ3n) is 2.91. The van der Waals surface area contributed by atoms with Gasteiger partial charge in [0.2, 0.25) is 5.88 Å². The first-order chi connectivity index (χ1) is 9.41. The van der Waals surface area contributed by atoms with Gasteiger partial charge in [-0.25, -0.2) is 9.97 Å². The van der Waals surface area contributed by atoms with Gasteiger partial charge in [0.25, 0.3) is 0 Å². The SMILES string of the molecule is CNc1ncnc(Oc2cccc(C(C)(C)C)c2)c1Br. The molecule has 0 amide bonds. The molecule has 1 aromatic carbocycles. The summed E-state index contributed by atoms with van der Waals surface area (Å²) in [4.78, 5) is 8.26. The Morgan fingerprint density at radius 2 is 1.95 bits per heavy atom. The maximum Gasteiger partial charge on any atom is 0.238 e. The summed E-state index contributed by atoms with van der Waals surface area (Å²) in [6.45, 7) is 6.52. The van der Waals surface area contributed by atoms with Gasteiger partial charge >= 0.3 is 0 Å². The van der Waals surface area contributed by atoms with Crippen LogP contribution < -0.4 is 10.1 Å². The summed E-state index contributed by atoms with van der Waals surface area (Å²) < 4.78 is 6.56. The second-order valence-electron chi connectivity index (χ2n) is 5.47. The molecule has 1 N–H and O–H groups in total. The highest BCUT2D eigenvalue weighted by atomic mass is 79.9. The quantitative estimate of drug-likeness (QED) is 0.904. The van der Waals surface area contributed by atoms with E-state index in [9.17, 15) is 0 Å². The Balaban J connectivity index is 2.31. The molecule has 0 aliphatic heterocycles. The van der Waals surface area contributed by atoms with Crippen LogP contribution in [0.4, 0.5) is 5.82 Å². The third-order valence-corrected chi connectivity index (χ3v) is 3.62. The predicted octanol–water partition coefficient (Wildman–Crippen LogP) is 4.37. The van der Waals surface area contributed by atoms with Gasteiger partial charge in [-0.2, -0.15) is 0 Å². The van der Waals surface area contributed by atoms with Crippen LogP contribution in [0.2, 0.25) is 0 Å². The first-order valence-corrected chi connectivity index (χ1v) is 7.18. The van der Waals surface area contributed by atoms with Crippen LogP contribution in [0.5, 0.6) is 11.6 Å². The van der Waals surface area contributed by atoms with Crippen molar-refractivity contribution in [3.8, 4) is 11.6 Å². The second-order valence-corrected chi connectivity index (χ2v) is 6.26. The van der Waals surface area contributed by atoms with Gasteiger partial charge in [0.1, 0.15) is 22.4 Å². The van der Waals surface area contributed by atoms with Crippen molar-refractivity contribution >= 4 is 21.7 Å². The average Bonchev–Trinajstić information content (AvgIpc) is 2.40. The first kappa shape index (κ1) is 14.8. The minimum absolute atomic E-state index is 0.0818. The van der Waals surface area contributed by atoms with Gasteiger partial charge in [0, 0.05) is 7.05 Å². The monoisotopic (exact) mass is 335 g/mol. The number of aromatic nitrogens is 2. The number of nitrogens with one attached hydrogen (secondary N) is 1. The van der Waals surface area contributed by atoms with Crippen molar-refractivity contribution in [1.29, 1.82) is 0 Å². The molecule has 0 spiro atoms. The van der Waals surface area contributed by atoms with Crippen LogP contribution in [-0.4, -0.2) is 17.0 Å². The fraction of sp³-hybridized carbons (Fsp3) is 0.333. The molecule has 0 radical (unpaired) electrons. The molecule has 0 bridgehead atoms. The summed E-state index contributed by atoms with van der Waals surface area (Å²) in [7, 11) is 1.80. The van der Waals surface area contributed by atoms with Gasteiger partial charge in [-0.15, -0.1) is 0 Å². The molecule has 106 valence electrons. The topological polar surface area (TPSA) is 47.0 Å². The lowest BCUT2D eigenvalue weighted by Gasteiger charge is -2.19. The number of hydrogen-bond donors (Lipinski definition) is 1. The van der Waals surface area contributed by atoms with Crippen molar-refractivity contribution in [3.05, 3.63) is 40.6 Å². The van der Waals surface area contributed by atoms with E-state index in [0.717, 1.165) is 5.75 Å². The van der Waals surface area contributed by atoms with E-state index in [-0.39, 0.29) is 5.41 Å². The zero-order chi connectivity index (χ0) is 14.8. The lowest BCUT2D eigenvalue weighted by Crippen LogP contribution is -2.10. The number of nitrogens with zero attached hydrogens (tertiary/aromatic N) is 2. The van der Waals surface area contributed by atoms with Crippen molar-refractivity contribution in [1.82, 2.24) is 9.97 Å². The number of rotatable bonds is 3. The van der Waals surface area contributed by atoms with Crippen molar-refractivity contribution < 1.29 is 4.74 Å². The van der Waals surface area contributed by atoms with Crippen molar-refractivity contribution in [2.45, 2.75) is 26.2 Å². The van der Waals surface area contributed by atoms with E-state index in [4.69, 9.17) is 4.74 Å². The first-order valence-electron chi connectivity index (χ1n) is 6.38. The van der Waals surface area contributed by atoms with Crippen LogP contribution in [0, 0.1) is 0 Å². The summed E-state index contributed by atoms with van der Waals surface area (Å²) in [5, 5.41) is 2.98. The van der Waals surface area contributed by atoms with Crippen LogP contribution in [0.25, 0.3) is 0 Å². The Labute approximate surface area is 127 Å². The van der Waals surface area contributed by atoms with Crippen molar-refractivity contribution in [2.24, 2.45) is 0 Å². The van der Waals surface area contributed by atoms with Crippen LogP contribution in [0.3, 0.4) is 0 Å². The number of hydrogen-bond acceptors (Lipinski definition) is 4. The van der Waals surface area contributed by atoms with Gasteiger partial charge in [0.05, 0.1) is 0 Å². The van der Waals surface area contributed by atoms with Crippen molar-refractivity contribution in [3.63, 3.8) is 0 Å². The van der Waals surface area contributed by atoms with Crippen LogP contribution >= 0.6 is 15.9 Å². The molecule has 2 rings (SSSR count). The van der Waals surface area contributed by atoms with E-state index in [1.165, 1.54) is 11.9 Å². The highest BCUT2D eigenvalue weighted by Gasteiger charge is 2.15. The minimum Gasteiger partial charge on any atom is -0.438 e. The molecule has 20 heavy (non-hydrogen) atoms. The molecule has 0 fully saturated rings.